The van der Waals surface area contributed by atoms with Crippen LogP contribution in [0.15, 0.2) is 40.9 Å². The smallest absolute Gasteiger partial charge is 0.342 e. The Balaban J connectivity index is 2.15. The summed E-state index contributed by atoms with van der Waals surface area (Å²) in [5, 5.41) is 9.77. The highest BCUT2D eigenvalue weighted by atomic mass is 79.9. The third-order valence-corrected chi connectivity index (χ3v) is 3.44. The lowest BCUT2D eigenvalue weighted by molar-refractivity contribution is 0.0466. The van der Waals surface area contributed by atoms with Gasteiger partial charge in [-0.3, -0.25) is 0 Å². The molecule has 0 radical (unpaired) electrons. The van der Waals surface area contributed by atoms with Crippen molar-refractivity contribution in [2.45, 2.75) is 6.61 Å². The van der Waals surface area contributed by atoms with E-state index in [1.807, 2.05) is 0 Å². The van der Waals surface area contributed by atoms with Gasteiger partial charge in [-0.15, -0.1) is 0 Å². The number of hydrogen-bond donors (Lipinski definition) is 1. The molecule has 0 aliphatic heterocycles. The van der Waals surface area contributed by atoms with E-state index in [1.165, 1.54) is 30.3 Å². The Labute approximate surface area is 128 Å². The first-order chi connectivity index (χ1) is 9.49. The second-order valence-electron chi connectivity index (χ2n) is 3.94. The fourth-order valence-electron chi connectivity index (χ4n) is 1.56. The van der Waals surface area contributed by atoms with Crippen molar-refractivity contribution in [1.82, 2.24) is 0 Å². The molecule has 1 N–H and O–H groups in total. The predicted octanol–water partition coefficient (Wildman–Crippen LogP) is 4.30. The van der Waals surface area contributed by atoms with Crippen LogP contribution < -0.4 is 0 Å². The highest BCUT2D eigenvalue weighted by Crippen LogP contribution is 2.24. The van der Waals surface area contributed by atoms with Crippen LogP contribution in [0.4, 0.5) is 4.39 Å². The zero-order valence-electron chi connectivity index (χ0n) is 10.1. The van der Waals surface area contributed by atoms with Crippen LogP contribution in [0, 0.1) is 5.82 Å². The fraction of sp³-hybridized carbons (Fsp3) is 0.0714. The number of hydrogen-bond acceptors (Lipinski definition) is 3. The first-order valence-corrected chi connectivity index (χ1v) is 6.74. The number of ether oxygens (including phenoxy) is 1. The molecule has 0 fully saturated rings. The van der Waals surface area contributed by atoms with Crippen molar-refractivity contribution in [2.24, 2.45) is 0 Å². The highest BCUT2D eigenvalue weighted by molar-refractivity contribution is 9.10. The number of halogens is 3. The first-order valence-electron chi connectivity index (χ1n) is 5.57. The molecule has 0 aliphatic rings. The average Bonchev–Trinajstić information content (AvgIpc) is 2.40. The summed E-state index contributed by atoms with van der Waals surface area (Å²) in [5.74, 6) is -1.52. The van der Waals surface area contributed by atoms with Crippen molar-refractivity contribution in [1.29, 1.82) is 0 Å². The van der Waals surface area contributed by atoms with Crippen molar-refractivity contribution >= 4 is 33.5 Å². The number of carbonyl (C=O) groups is 1. The lowest BCUT2D eigenvalue weighted by atomic mass is 10.2. The van der Waals surface area contributed by atoms with Gasteiger partial charge in [0.05, 0.1) is 5.02 Å². The molecule has 0 atom stereocenters. The topological polar surface area (TPSA) is 46.5 Å². The van der Waals surface area contributed by atoms with E-state index < -0.39 is 11.8 Å². The normalized spacial score (nSPS) is 10.3. The van der Waals surface area contributed by atoms with Gasteiger partial charge in [0.15, 0.2) is 0 Å². The third-order valence-electron chi connectivity index (χ3n) is 2.59. The summed E-state index contributed by atoms with van der Waals surface area (Å²) in [7, 11) is 0. The van der Waals surface area contributed by atoms with E-state index >= 15 is 0 Å². The van der Waals surface area contributed by atoms with E-state index in [-0.39, 0.29) is 28.5 Å². The maximum absolute atomic E-state index is 13.5. The molecule has 20 heavy (non-hydrogen) atoms. The van der Waals surface area contributed by atoms with Crippen LogP contribution in [0.25, 0.3) is 0 Å². The molecule has 0 unspecified atom stereocenters. The molecule has 0 spiro atoms. The lowest BCUT2D eigenvalue weighted by Crippen LogP contribution is -2.07. The molecule has 0 amide bonds. The van der Waals surface area contributed by atoms with Gasteiger partial charge < -0.3 is 9.84 Å². The summed E-state index contributed by atoms with van der Waals surface area (Å²) in [6.07, 6.45) is 0. The van der Waals surface area contributed by atoms with Crippen LogP contribution in [-0.2, 0) is 11.3 Å². The molecule has 0 saturated carbocycles. The minimum absolute atomic E-state index is 0.00756. The Hall–Kier alpha value is -1.59. The van der Waals surface area contributed by atoms with E-state index in [0.29, 0.717) is 4.47 Å². The molecule has 0 aromatic heterocycles. The van der Waals surface area contributed by atoms with Gasteiger partial charge in [-0.2, -0.15) is 0 Å². The second kappa shape index (κ2) is 6.24. The zero-order valence-corrected chi connectivity index (χ0v) is 12.4. The molecule has 2 aromatic rings. The minimum Gasteiger partial charge on any atom is -0.507 e. The quantitative estimate of drug-likeness (QED) is 0.831. The van der Waals surface area contributed by atoms with Gasteiger partial charge >= 0.3 is 5.97 Å². The van der Waals surface area contributed by atoms with E-state index in [4.69, 9.17) is 16.3 Å². The van der Waals surface area contributed by atoms with Crippen molar-refractivity contribution in [3.8, 4) is 5.75 Å². The summed E-state index contributed by atoms with van der Waals surface area (Å²) in [6.45, 7) is -0.309. The summed E-state index contributed by atoms with van der Waals surface area (Å²) in [5.41, 5.74) is 0.0869. The van der Waals surface area contributed by atoms with Gasteiger partial charge in [0.1, 0.15) is 23.7 Å². The molecule has 0 heterocycles. The maximum Gasteiger partial charge on any atom is 0.342 e. The van der Waals surface area contributed by atoms with Crippen LogP contribution >= 0.6 is 27.5 Å². The molecule has 104 valence electrons. The summed E-state index contributed by atoms with van der Waals surface area (Å²) in [4.78, 5) is 11.8. The van der Waals surface area contributed by atoms with Gasteiger partial charge in [-0.25, -0.2) is 9.18 Å². The van der Waals surface area contributed by atoms with Gasteiger partial charge in [0, 0.05) is 10.0 Å². The SMILES string of the molecule is O=C(OCc1c(F)cccc1Cl)c1cc(Br)ccc1O. The molecule has 6 heteroatoms. The number of phenols is 1. The number of phenolic OH excluding ortho intramolecular Hbond substituents is 1. The molecular weight excluding hydrogens is 351 g/mol. The van der Waals surface area contributed by atoms with E-state index in [0.717, 1.165) is 0 Å². The highest BCUT2D eigenvalue weighted by Gasteiger charge is 2.15. The van der Waals surface area contributed by atoms with Crippen LogP contribution in [0.5, 0.6) is 5.75 Å². The van der Waals surface area contributed by atoms with Crippen molar-refractivity contribution in [3.63, 3.8) is 0 Å². The van der Waals surface area contributed by atoms with Gasteiger partial charge in [0.2, 0.25) is 0 Å². The Morgan fingerprint density at radius 1 is 1.35 bits per heavy atom. The molecule has 0 aliphatic carbocycles. The minimum atomic E-state index is -0.761. The van der Waals surface area contributed by atoms with Crippen LogP contribution in [0.1, 0.15) is 15.9 Å². The van der Waals surface area contributed by atoms with Crippen molar-refractivity contribution in [3.05, 3.63) is 62.8 Å². The summed E-state index contributed by atoms with van der Waals surface area (Å²) in [6, 6.07) is 8.55. The van der Waals surface area contributed by atoms with Gasteiger partial charge in [-0.05, 0) is 30.3 Å². The Bertz CT molecular complexity index is 641. The van der Waals surface area contributed by atoms with Crippen molar-refractivity contribution < 1.29 is 19.0 Å². The zero-order chi connectivity index (χ0) is 14.7. The monoisotopic (exact) mass is 358 g/mol. The largest absolute Gasteiger partial charge is 0.507 e. The number of esters is 1. The Morgan fingerprint density at radius 2 is 2.10 bits per heavy atom. The molecular formula is C14H9BrClFO3. The van der Waals surface area contributed by atoms with E-state index in [9.17, 15) is 14.3 Å². The van der Waals surface area contributed by atoms with Crippen LogP contribution in [0.3, 0.4) is 0 Å². The summed E-state index contributed by atoms with van der Waals surface area (Å²) < 4.78 is 19.1. The van der Waals surface area contributed by atoms with Crippen LogP contribution in [0.2, 0.25) is 5.02 Å². The van der Waals surface area contributed by atoms with Crippen LogP contribution in [-0.4, -0.2) is 11.1 Å². The number of benzene rings is 2. The lowest BCUT2D eigenvalue weighted by Gasteiger charge is -2.08. The number of aromatic hydroxyl groups is 1. The molecule has 0 saturated heterocycles. The number of carbonyl (C=O) groups excluding carboxylic acids is 1. The molecule has 0 bridgehead atoms. The molecule has 2 aromatic carbocycles. The Kier molecular flexibility index (Phi) is 4.62. The first kappa shape index (κ1) is 14.8. The predicted molar refractivity (Wildman–Crippen MR) is 76.3 cm³/mol. The molecule has 3 nitrogen and oxygen atoms in total. The standard InChI is InChI=1S/C14H9BrClFO3/c15-8-4-5-13(18)9(6-8)14(19)20-7-10-11(16)2-1-3-12(10)17/h1-6,18H,7H2. The maximum atomic E-state index is 13.5. The Morgan fingerprint density at radius 3 is 2.80 bits per heavy atom. The van der Waals surface area contributed by atoms with Crippen molar-refractivity contribution in [2.75, 3.05) is 0 Å². The second-order valence-corrected chi connectivity index (χ2v) is 5.26. The van der Waals surface area contributed by atoms with E-state index in [2.05, 4.69) is 15.9 Å². The fourth-order valence-corrected chi connectivity index (χ4v) is 2.14. The van der Waals surface area contributed by atoms with Gasteiger partial charge in [0.25, 0.3) is 0 Å². The van der Waals surface area contributed by atoms with E-state index in [1.54, 1.807) is 6.07 Å². The summed E-state index contributed by atoms with van der Waals surface area (Å²) >= 11 is 9.01. The van der Waals surface area contributed by atoms with Gasteiger partial charge in [-0.1, -0.05) is 33.6 Å². The third kappa shape index (κ3) is 3.29. The average molecular weight is 360 g/mol. The molecule has 2 rings (SSSR count). The number of rotatable bonds is 3.